The molecule has 6 nitrogen and oxygen atoms in total. The van der Waals surface area contributed by atoms with Crippen LogP contribution in [0, 0.1) is 5.92 Å². The second-order valence-corrected chi connectivity index (χ2v) is 9.09. The first-order chi connectivity index (χ1) is 11.4. The topological polar surface area (TPSA) is 85.4 Å². The number of halogens is 1. The standard InChI is InChI=1S/C15H15BrN2O4S2/c1-22-14-6-11(23-17-14)8-24(20,21)18-15(19)13-7-12(13)9-2-4-10(16)5-3-9/h2-6,12-13H,7-8H2,1H3,(H,18,19)/t12-,13+/m0/s1. The summed E-state index contributed by atoms with van der Waals surface area (Å²) in [6, 6.07) is 9.27. The normalized spacial score (nSPS) is 19.8. The second-order valence-electron chi connectivity index (χ2n) is 5.56. The summed E-state index contributed by atoms with van der Waals surface area (Å²) in [6.45, 7) is 0. The van der Waals surface area contributed by atoms with Crippen LogP contribution in [0.3, 0.4) is 0 Å². The molecule has 1 heterocycles. The molecule has 128 valence electrons. The molecule has 1 amide bonds. The van der Waals surface area contributed by atoms with Gasteiger partial charge in [0.25, 0.3) is 0 Å². The summed E-state index contributed by atoms with van der Waals surface area (Å²) in [5.74, 6) is -0.572. The Morgan fingerprint density at radius 2 is 2.12 bits per heavy atom. The Balaban J connectivity index is 1.59. The first kappa shape index (κ1) is 17.4. The minimum atomic E-state index is -3.74. The minimum absolute atomic E-state index is 0.0804. The zero-order valence-corrected chi connectivity index (χ0v) is 15.9. The maximum absolute atomic E-state index is 12.2. The van der Waals surface area contributed by atoms with Crippen molar-refractivity contribution in [2.75, 3.05) is 7.11 Å². The van der Waals surface area contributed by atoms with Crippen LogP contribution in [0.4, 0.5) is 0 Å². The Hall–Kier alpha value is -1.45. The highest BCUT2D eigenvalue weighted by molar-refractivity contribution is 9.10. The van der Waals surface area contributed by atoms with Crippen LogP contribution in [-0.2, 0) is 20.6 Å². The molecule has 24 heavy (non-hydrogen) atoms. The van der Waals surface area contributed by atoms with E-state index in [1.165, 1.54) is 7.11 Å². The van der Waals surface area contributed by atoms with Crippen LogP contribution in [0.5, 0.6) is 5.88 Å². The summed E-state index contributed by atoms with van der Waals surface area (Å²) in [5.41, 5.74) is 1.04. The highest BCUT2D eigenvalue weighted by atomic mass is 79.9. The minimum Gasteiger partial charge on any atom is -0.480 e. The predicted octanol–water partition coefficient (Wildman–Crippen LogP) is 2.66. The molecule has 1 fully saturated rings. The monoisotopic (exact) mass is 430 g/mol. The van der Waals surface area contributed by atoms with Gasteiger partial charge in [-0.05, 0) is 41.6 Å². The van der Waals surface area contributed by atoms with Crippen LogP contribution >= 0.6 is 27.5 Å². The van der Waals surface area contributed by atoms with E-state index in [2.05, 4.69) is 25.0 Å². The Labute approximate surface area is 152 Å². The number of nitrogens with zero attached hydrogens (tertiary/aromatic N) is 1. The van der Waals surface area contributed by atoms with Gasteiger partial charge >= 0.3 is 0 Å². The van der Waals surface area contributed by atoms with Crippen molar-refractivity contribution in [3.63, 3.8) is 0 Å². The smallest absolute Gasteiger partial charge is 0.239 e. The van der Waals surface area contributed by atoms with Gasteiger partial charge in [-0.1, -0.05) is 28.1 Å². The number of ether oxygens (including phenoxy) is 1. The maximum atomic E-state index is 12.2. The van der Waals surface area contributed by atoms with Gasteiger partial charge in [0.2, 0.25) is 21.8 Å². The highest BCUT2D eigenvalue weighted by Crippen LogP contribution is 2.47. The summed E-state index contributed by atoms with van der Waals surface area (Å²) in [7, 11) is -2.28. The van der Waals surface area contributed by atoms with E-state index in [9.17, 15) is 13.2 Å². The fourth-order valence-electron chi connectivity index (χ4n) is 2.47. The third-order valence-electron chi connectivity index (χ3n) is 3.76. The number of carbonyl (C=O) groups is 1. The lowest BCUT2D eigenvalue weighted by Crippen LogP contribution is -2.32. The summed E-state index contributed by atoms with van der Waals surface area (Å²) in [6.07, 6.45) is 0.664. The third kappa shape index (κ3) is 4.14. The molecule has 1 aromatic heterocycles. The third-order valence-corrected chi connectivity index (χ3v) is 6.44. The maximum Gasteiger partial charge on any atom is 0.239 e. The highest BCUT2D eigenvalue weighted by Gasteiger charge is 2.45. The van der Waals surface area contributed by atoms with Crippen molar-refractivity contribution in [2.45, 2.75) is 18.1 Å². The van der Waals surface area contributed by atoms with Gasteiger partial charge < -0.3 is 4.74 Å². The molecule has 0 radical (unpaired) electrons. The van der Waals surface area contributed by atoms with Crippen molar-refractivity contribution in [1.82, 2.24) is 9.10 Å². The van der Waals surface area contributed by atoms with Crippen molar-refractivity contribution in [3.05, 3.63) is 45.2 Å². The number of hydrogen-bond donors (Lipinski definition) is 1. The Morgan fingerprint density at radius 1 is 1.42 bits per heavy atom. The molecule has 3 rings (SSSR count). The molecule has 0 saturated heterocycles. The molecule has 1 saturated carbocycles. The van der Waals surface area contributed by atoms with E-state index >= 15 is 0 Å². The number of benzene rings is 1. The van der Waals surface area contributed by atoms with Crippen LogP contribution in [0.15, 0.2) is 34.8 Å². The fraction of sp³-hybridized carbons (Fsp3) is 0.333. The quantitative estimate of drug-likeness (QED) is 0.760. The molecule has 2 aromatic rings. The van der Waals surface area contributed by atoms with E-state index in [1.54, 1.807) is 6.07 Å². The molecule has 2 atom stereocenters. The van der Waals surface area contributed by atoms with Gasteiger partial charge in [0.05, 0.1) is 7.11 Å². The zero-order chi connectivity index (χ0) is 17.3. The average Bonchev–Trinajstić information content (AvgIpc) is 3.21. The number of methoxy groups -OCH3 is 1. The molecular weight excluding hydrogens is 416 g/mol. The molecule has 1 aromatic carbocycles. The van der Waals surface area contributed by atoms with Crippen LogP contribution < -0.4 is 9.46 Å². The van der Waals surface area contributed by atoms with Gasteiger partial charge in [-0.3, -0.25) is 9.52 Å². The predicted molar refractivity (Wildman–Crippen MR) is 94.4 cm³/mol. The second kappa shape index (κ2) is 6.81. The van der Waals surface area contributed by atoms with Gasteiger partial charge in [0.15, 0.2) is 0 Å². The van der Waals surface area contributed by atoms with Crippen LogP contribution in [-0.4, -0.2) is 25.8 Å². The average molecular weight is 431 g/mol. The van der Waals surface area contributed by atoms with E-state index in [-0.39, 0.29) is 17.6 Å². The lowest BCUT2D eigenvalue weighted by Gasteiger charge is -2.05. The van der Waals surface area contributed by atoms with E-state index in [1.807, 2.05) is 24.3 Å². The molecule has 0 spiro atoms. The van der Waals surface area contributed by atoms with Crippen LogP contribution in [0.25, 0.3) is 0 Å². The molecular formula is C15H15BrN2O4S2. The number of rotatable bonds is 6. The SMILES string of the molecule is COc1cc(CS(=O)(=O)NC(=O)[C@@H]2C[C@H]2c2ccc(Br)cc2)sn1. The van der Waals surface area contributed by atoms with Gasteiger partial charge in [-0.2, -0.15) is 4.37 Å². The zero-order valence-electron chi connectivity index (χ0n) is 12.7. The number of amides is 1. The van der Waals surface area contributed by atoms with Crippen molar-refractivity contribution in [2.24, 2.45) is 5.92 Å². The van der Waals surface area contributed by atoms with E-state index < -0.39 is 15.9 Å². The number of hydrogen-bond acceptors (Lipinski definition) is 6. The molecule has 1 N–H and O–H groups in total. The van der Waals surface area contributed by atoms with Gasteiger partial charge in [0.1, 0.15) is 5.75 Å². The largest absolute Gasteiger partial charge is 0.480 e. The Morgan fingerprint density at radius 3 is 2.75 bits per heavy atom. The van der Waals surface area contributed by atoms with E-state index in [0.717, 1.165) is 21.6 Å². The summed E-state index contributed by atoms with van der Waals surface area (Å²) in [4.78, 5) is 12.7. The van der Waals surface area contributed by atoms with Gasteiger partial charge in [-0.15, -0.1) is 0 Å². The number of nitrogens with one attached hydrogen (secondary N) is 1. The van der Waals surface area contributed by atoms with E-state index in [4.69, 9.17) is 4.74 Å². The lowest BCUT2D eigenvalue weighted by molar-refractivity contribution is -0.120. The summed E-state index contributed by atoms with van der Waals surface area (Å²) >= 11 is 4.41. The van der Waals surface area contributed by atoms with Gasteiger partial charge in [0, 0.05) is 21.3 Å². The number of aromatic nitrogens is 1. The summed E-state index contributed by atoms with van der Waals surface area (Å²) < 4.78 is 36.3. The first-order valence-electron chi connectivity index (χ1n) is 7.17. The van der Waals surface area contributed by atoms with Crippen molar-refractivity contribution in [3.8, 4) is 5.88 Å². The van der Waals surface area contributed by atoms with Crippen LogP contribution in [0.1, 0.15) is 22.8 Å². The molecule has 9 heteroatoms. The number of sulfonamides is 1. The first-order valence-corrected chi connectivity index (χ1v) is 10.4. The van der Waals surface area contributed by atoms with Crippen molar-refractivity contribution in [1.29, 1.82) is 0 Å². The van der Waals surface area contributed by atoms with Gasteiger partial charge in [-0.25, -0.2) is 8.42 Å². The molecule has 0 aliphatic heterocycles. The lowest BCUT2D eigenvalue weighted by atomic mass is 10.1. The molecule has 0 unspecified atom stereocenters. The van der Waals surface area contributed by atoms with E-state index in [0.29, 0.717) is 17.2 Å². The van der Waals surface area contributed by atoms with Crippen molar-refractivity contribution >= 4 is 43.4 Å². The molecule has 1 aliphatic carbocycles. The number of carbonyl (C=O) groups excluding carboxylic acids is 1. The fourth-order valence-corrected chi connectivity index (χ4v) is 4.89. The Kier molecular flexibility index (Phi) is 4.93. The van der Waals surface area contributed by atoms with Crippen molar-refractivity contribution < 1.29 is 17.9 Å². The van der Waals surface area contributed by atoms with Crippen LogP contribution in [0.2, 0.25) is 0 Å². The molecule has 1 aliphatic rings. The summed E-state index contributed by atoms with van der Waals surface area (Å²) in [5, 5.41) is 0. The Bertz CT molecular complexity index is 849. The molecule has 0 bridgehead atoms.